The van der Waals surface area contributed by atoms with Gasteiger partial charge >= 0.3 is 5.97 Å². The lowest BCUT2D eigenvalue weighted by molar-refractivity contribution is -0.154. The maximum Gasteiger partial charge on any atom is 0.343 e. The Morgan fingerprint density at radius 2 is 1.82 bits per heavy atom. The Hall–Kier alpha value is -3.46. The summed E-state index contributed by atoms with van der Waals surface area (Å²) in [6.07, 6.45) is 4.72. The zero-order chi connectivity index (χ0) is 28.0. The number of benzene rings is 2. The molecular formula is C31H36O8. The minimum Gasteiger partial charge on any atom is -0.497 e. The SMILES string of the molecule is COCOc1cc(OC)cc2c1C(=O)O[C@@H](C)C(Cc1ccccc1)=CCC(=O)[C@H]1OC(C)(C)O[C@H]1CC=C2. The molecule has 8 nitrogen and oxygen atoms in total. The van der Waals surface area contributed by atoms with E-state index in [2.05, 4.69) is 0 Å². The molecule has 1 fully saturated rings. The largest absolute Gasteiger partial charge is 0.497 e. The van der Waals surface area contributed by atoms with Crippen molar-refractivity contribution < 1.29 is 38.0 Å². The van der Waals surface area contributed by atoms with Crippen molar-refractivity contribution in [3.05, 3.63) is 76.9 Å². The van der Waals surface area contributed by atoms with Crippen LogP contribution < -0.4 is 9.47 Å². The van der Waals surface area contributed by atoms with E-state index in [9.17, 15) is 9.59 Å². The number of cyclic esters (lactones) is 1. The molecule has 39 heavy (non-hydrogen) atoms. The first-order valence-corrected chi connectivity index (χ1v) is 13.0. The molecule has 208 valence electrons. The third-order valence-corrected chi connectivity index (χ3v) is 6.67. The van der Waals surface area contributed by atoms with Gasteiger partial charge in [-0.2, -0.15) is 0 Å². The number of fused-ring (bicyclic) bond motifs is 2. The molecule has 0 unspecified atom stereocenters. The van der Waals surface area contributed by atoms with Crippen molar-refractivity contribution >= 4 is 17.8 Å². The second-order valence-corrected chi connectivity index (χ2v) is 10.0. The summed E-state index contributed by atoms with van der Waals surface area (Å²) in [5.74, 6) is -0.748. The van der Waals surface area contributed by atoms with E-state index >= 15 is 0 Å². The predicted molar refractivity (Wildman–Crippen MR) is 146 cm³/mol. The van der Waals surface area contributed by atoms with Crippen LogP contribution in [0.1, 0.15) is 55.1 Å². The van der Waals surface area contributed by atoms with Crippen molar-refractivity contribution in [2.24, 2.45) is 0 Å². The first-order chi connectivity index (χ1) is 18.7. The van der Waals surface area contributed by atoms with Crippen molar-refractivity contribution in [1.29, 1.82) is 0 Å². The van der Waals surface area contributed by atoms with E-state index < -0.39 is 30.1 Å². The second-order valence-electron chi connectivity index (χ2n) is 10.0. The average Bonchev–Trinajstić information content (AvgIpc) is 3.23. The van der Waals surface area contributed by atoms with Crippen LogP contribution >= 0.6 is 0 Å². The van der Waals surface area contributed by atoms with Gasteiger partial charge in [0.25, 0.3) is 0 Å². The molecular weight excluding hydrogens is 500 g/mol. The van der Waals surface area contributed by atoms with E-state index in [1.807, 2.05) is 42.5 Å². The quantitative estimate of drug-likeness (QED) is 0.280. The molecule has 2 aromatic rings. The van der Waals surface area contributed by atoms with Gasteiger partial charge < -0.3 is 28.4 Å². The van der Waals surface area contributed by atoms with Crippen LogP contribution in [0.5, 0.6) is 11.5 Å². The molecule has 0 amide bonds. The van der Waals surface area contributed by atoms with Gasteiger partial charge in [0.05, 0.1) is 13.2 Å². The summed E-state index contributed by atoms with van der Waals surface area (Å²) >= 11 is 0. The van der Waals surface area contributed by atoms with Crippen LogP contribution in [0.4, 0.5) is 0 Å². The van der Waals surface area contributed by atoms with Crippen LogP contribution in [0.25, 0.3) is 6.08 Å². The van der Waals surface area contributed by atoms with Crippen LogP contribution in [0, 0.1) is 0 Å². The fraction of sp³-hybridized carbons (Fsp3) is 0.419. The number of hydrogen-bond donors (Lipinski definition) is 0. The van der Waals surface area contributed by atoms with Gasteiger partial charge in [-0.3, -0.25) is 4.79 Å². The van der Waals surface area contributed by atoms with Crippen molar-refractivity contribution in [2.75, 3.05) is 21.0 Å². The van der Waals surface area contributed by atoms with E-state index in [-0.39, 0.29) is 30.3 Å². The highest BCUT2D eigenvalue weighted by molar-refractivity contribution is 5.97. The lowest BCUT2D eigenvalue weighted by atomic mass is 9.96. The minimum absolute atomic E-state index is 0.0581. The molecule has 0 aromatic heterocycles. The molecule has 8 heteroatoms. The molecule has 1 saturated heterocycles. The van der Waals surface area contributed by atoms with Crippen molar-refractivity contribution in [2.45, 2.75) is 64.1 Å². The monoisotopic (exact) mass is 536 g/mol. The van der Waals surface area contributed by atoms with Gasteiger partial charge in [0.2, 0.25) is 0 Å². The summed E-state index contributed by atoms with van der Waals surface area (Å²) in [7, 11) is 3.04. The zero-order valence-corrected chi connectivity index (χ0v) is 23.1. The Balaban J connectivity index is 1.78. The Labute approximate surface area is 229 Å². The number of carbonyl (C=O) groups excluding carboxylic acids is 2. The Morgan fingerprint density at radius 3 is 2.54 bits per heavy atom. The van der Waals surface area contributed by atoms with Gasteiger partial charge in [0, 0.05) is 19.6 Å². The summed E-state index contributed by atoms with van der Waals surface area (Å²) in [6.45, 7) is 5.35. The number of carbonyl (C=O) groups is 2. The topological polar surface area (TPSA) is 89.5 Å². The van der Waals surface area contributed by atoms with E-state index in [0.29, 0.717) is 24.2 Å². The smallest absolute Gasteiger partial charge is 0.343 e. The highest BCUT2D eigenvalue weighted by Gasteiger charge is 2.44. The number of ether oxygens (including phenoxy) is 6. The number of esters is 1. The van der Waals surface area contributed by atoms with Crippen molar-refractivity contribution in [3.8, 4) is 11.5 Å². The maximum atomic E-state index is 13.6. The van der Waals surface area contributed by atoms with Crippen LogP contribution in [-0.2, 0) is 30.2 Å². The molecule has 0 spiro atoms. The van der Waals surface area contributed by atoms with Crippen LogP contribution in [0.2, 0.25) is 0 Å². The summed E-state index contributed by atoms with van der Waals surface area (Å²) in [5.41, 5.74) is 2.64. The van der Waals surface area contributed by atoms with Gasteiger partial charge in [-0.15, -0.1) is 0 Å². The van der Waals surface area contributed by atoms with Crippen LogP contribution in [0.3, 0.4) is 0 Å². The van der Waals surface area contributed by atoms with E-state index in [1.165, 1.54) is 14.2 Å². The molecule has 4 rings (SSSR count). The zero-order valence-electron chi connectivity index (χ0n) is 23.1. The van der Waals surface area contributed by atoms with Gasteiger partial charge in [-0.05, 0) is 56.4 Å². The highest BCUT2D eigenvalue weighted by atomic mass is 16.8. The molecule has 0 radical (unpaired) electrons. The Kier molecular flexibility index (Phi) is 9.22. The molecule has 2 aliphatic rings. The van der Waals surface area contributed by atoms with Gasteiger partial charge in [0.15, 0.2) is 18.4 Å². The predicted octanol–water partition coefficient (Wildman–Crippen LogP) is 5.29. The first-order valence-electron chi connectivity index (χ1n) is 13.0. The number of methoxy groups -OCH3 is 2. The fourth-order valence-electron chi connectivity index (χ4n) is 4.78. The third-order valence-electron chi connectivity index (χ3n) is 6.67. The number of allylic oxidation sites excluding steroid dienone is 1. The summed E-state index contributed by atoms with van der Waals surface area (Å²) in [5, 5.41) is 0. The molecule has 2 aromatic carbocycles. The van der Waals surface area contributed by atoms with Crippen LogP contribution in [0.15, 0.2) is 60.2 Å². The van der Waals surface area contributed by atoms with Crippen molar-refractivity contribution in [3.63, 3.8) is 0 Å². The lowest BCUT2D eigenvalue weighted by Gasteiger charge is -2.21. The summed E-state index contributed by atoms with van der Waals surface area (Å²) in [4.78, 5) is 27.0. The maximum absolute atomic E-state index is 13.6. The highest BCUT2D eigenvalue weighted by Crippen LogP contribution is 2.34. The van der Waals surface area contributed by atoms with Crippen molar-refractivity contribution in [1.82, 2.24) is 0 Å². The Bertz CT molecular complexity index is 1230. The molecule has 3 atom stereocenters. The standard InChI is InChI=1S/C31H36O8/c1-20-22(16-21-10-7-6-8-11-21)14-15-25(32)29-26(38-31(2,3)39-29)13-9-12-23-17-24(35-5)18-27(36-19-34-4)28(23)30(33)37-20/h6-12,14,17-18,20,26,29H,13,15-16,19H2,1-5H3/t20-,26-,29+/m0/s1. The lowest BCUT2D eigenvalue weighted by Crippen LogP contribution is -2.31. The second kappa shape index (κ2) is 12.6. The van der Waals surface area contributed by atoms with Gasteiger partial charge in [-0.25, -0.2) is 4.79 Å². The summed E-state index contributed by atoms with van der Waals surface area (Å²) < 4.78 is 34.4. The third kappa shape index (κ3) is 7.15. The molecule has 0 bridgehead atoms. The van der Waals surface area contributed by atoms with Gasteiger partial charge in [0.1, 0.15) is 29.3 Å². The Morgan fingerprint density at radius 1 is 1.05 bits per heavy atom. The average molecular weight is 537 g/mol. The molecule has 0 N–H and O–H groups in total. The minimum atomic E-state index is -0.891. The van der Waals surface area contributed by atoms with E-state index in [1.54, 1.807) is 39.0 Å². The summed E-state index contributed by atoms with van der Waals surface area (Å²) in [6, 6.07) is 13.2. The normalized spacial score (nSPS) is 23.2. The first kappa shape index (κ1) is 28.5. The van der Waals surface area contributed by atoms with E-state index in [4.69, 9.17) is 28.4 Å². The van der Waals surface area contributed by atoms with Gasteiger partial charge in [-0.1, -0.05) is 48.6 Å². The molecule has 0 saturated carbocycles. The number of Topliss-reactive ketones (excluding diaryl/α,β-unsaturated/α-hetero) is 1. The molecule has 0 aliphatic carbocycles. The molecule has 2 heterocycles. The molecule has 2 aliphatic heterocycles. The fourth-order valence-corrected chi connectivity index (χ4v) is 4.78. The van der Waals surface area contributed by atoms with E-state index in [0.717, 1.165) is 11.1 Å². The number of hydrogen-bond acceptors (Lipinski definition) is 8. The number of rotatable bonds is 6. The van der Waals surface area contributed by atoms with Crippen LogP contribution in [-0.4, -0.2) is 56.9 Å². The number of ketones is 1.